The lowest BCUT2D eigenvalue weighted by molar-refractivity contribution is 0.198. The molecule has 0 amide bonds. The Hall–Kier alpha value is -0.930. The first-order chi connectivity index (χ1) is 10.1. The zero-order valence-electron chi connectivity index (χ0n) is 12.6. The van der Waals surface area contributed by atoms with E-state index >= 15 is 0 Å². The van der Waals surface area contributed by atoms with Crippen molar-refractivity contribution in [2.45, 2.75) is 50.8 Å². The van der Waals surface area contributed by atoms with E-state index in [4.69, 9.17) is 11.6 Å². The summed E-state index contributed by atoms with van der Waals surface area (Å²) in [5.74, 6) is 0.525. The van der Waals surface area contributed by atoms with Gasteiger partial charge in [0.25, 0.3) is 0 Å². The predicted octanol–water partition coefficient (Wildman–Crippen LogP) is 5.55. The van der Waals surface area contributed by atoms with Crippen LogP contribution in [0.5, 0.6) is 0 Å². The second-order valence-electron chi connectivity index (χ2n) is 6.54. The van der Waals surface area contributed by atoms with Gasteiger partial charge in [0, 0.05) is 5.92 Å². The van der Waals surface area contributed by atoms with Gasteiger partial charge >= 0.3 is 0 Å². The number of aromatic nitrogens is 2. The summed E-state index contributed by atoms with van der Waals surface area (Å²) < 4.78 is 0. The highest BCUT2D eigenvalue weighted by molar-refractivity contribution is 7.11. The molecule has 0 spiro atoms. The maximum Gasteiger partial charge on any atom is 0.139 e. The van der Waals surface area contributed by atoms with Gasteiger partial charge in [0.2, 0.25) is 0 Å². The molecule has 2 unspecified atom stereocenters. The highest BCUT2D eigenvalue weighted by Gasteiger charge is 2.36. The molecule has 1 aliphatic rings. The van der Waals surface area contributed by atoms with Crippen molar-refractivity contribution in [3.63, 3.8) is 0 Å². The molecule has 0 aliphatic heterocycles. The lowest BCUT2D eigenvalue weighted by Gasteiger charge is -2.37. The summed E-state index contributed by atoms with van der Waals surface area (Å²) >= 11 is 8.25. The van der Waals surface area contributed by atoms with Crippen LogP contribution in [0.2, 0.25) is 0 Å². The van der Waals surface area contributed by atoms with Crippen LogP contribution in [0.1, 0.15) is 66.4 Å². The third-order valence-corrected chi connectivity index (χ3v) is 6.26. The van der Waals surface area contributed by atoms with Crippen molar-refractivity contribution >= 4 is 22.9 Å². The van der Waals surface area contributed by atoms with Crippen LogP contribution in [-0.2, 0) is 0 Å². The molecule has 1 saturated carbocycles. The monoisotopic (exact) mass is 320 g/mol. The Morgan fingerprint density at radius 1 is 1.19 bits per heavy atom. The van der Waals surface area contributed by atoms with Gasteiger partial charge in [0.15, 0.2) is 0 Å². The second kappa shape index (κ2) is 6.05. The zero-order chi connectivity index (χ0) is 14.9. The van der Waals surface area contributed by atoms with Crippen LogP contribution >= 0.6 is 22.9 Å². The standard InChI is InChI=1S/C17H21ClN2S/c1-17(2)11-7-6-10-13(17)15-19-20-16(21-15)14(18)12-8-4-3-5-9-12/h3-5,8-9,13-14H,6-7,10-11H2,1-2H3. The van der Waals surface area contributed by atoms with E-state index in [0.717, 1.165) is 15.6 Å². The van der Waals surface area contributed by atoms with Crippen molar-refractivity contribution in [1.29, 1.82) is 0 Å². The third kappa shape index (κ3) is 3.14. The second-order valence-corrected chi connectivity index (χ2v) is 8.02. The molecule has 112 valence electrons. The molecule has 1 heterocycles. The van der Waals surface area contributed by atoms with Gasteiger partial charge in [-0.25, -0.2) is 0 Å². The number of alkyl halides is 1. The summed E-state index contributed by atoms with van der Waals surface area (Å²) in [7, 11) is 0. The first kappa shape index (κ1) is 15.0. The van der Waals surface area contributed by atoms with Crippen LogP contribution in [0, 0.1) is 5.41 Å². The highest BCUT2D eigenvalue weighted by Crippen LogP contribution is 2.48. The first-order valence-electron chi connectivity index (χ1n) is 7.60. The van der Waals surface area contributed by atoms with Gasteiger partial charge in [-0.05, 0) is 23.8 Å². The topological polar surface area (TPSA) is 25.8 Å². The van der Waals surface area contributed by atoms with E-state index in [1.54, 1.807) is 11.3 Å². The molecular weight excluding hydrogens is 300 g/mol. The number of halogens is 1. The Morgan fingerprint density at radius 3 is 2.67 bits per heavy atom. The minimum absolute atomic E-state index is 0.191. The van der Waals surface area contributed by atoms with Gasteiger partial charge in [-0.3, -0.25) is 0 Å². The van der Waals surface area contributed by atoms with Crippen LogP contribution in [0.25, 0.3) is 0 Å². The van der Waals surface area contributed by atoms with E-state index in [0.29, 0.717) is 11.3 Å². The third-order valence-electron chi connectivity index (χ3n) is 4.57. The summed E-state index contributed by atoms with van der Waals surface area (Å²) in [6.07, 6.45) is 5.12. The lowest BCUT2D eigenvalue weighted by Crippen LogP contribution is -2.25. The van der Waals surface area contributed by atoms with Gasteiger partial charge < -0.3 is 0 Å². The number of benzene rings is 1. The van der Waals surface area contributed by atoms with Crippen molar-refractivity contribution in [3.05, 3.63) is 45.9 Å². The van der Waals surface area contributed by atoms with Gasteiger partial charge in [-0.15, -0.1) is 21.8 Å². The summed E-state index contributed by atoms with van der Waals surface area (Å²) in [6, 6.07) is 10.1. The van der Waals surface area contributed by atoms with E-state index in [-0.39, 0.29) is 5.38 Å². The lowest BCUT2D eigenvalue weighted by atomic mass is 9.69. The molecule has 0 bridgehead atoms. The molecule has 2 nitrogen and oxygen atoms in total. The van der Waals surface area contributed by atoms with Crippen LogP contribution < -0.4 is 0 Å². The van der Waals surface area contributed by atoms with Crippen LogP contribution in [0.15, 0.2) is 30.3 Å². The van der Waals surface area contributed by atoms with Crippen LogP contribution in [0.4, 0.5) is 0 Å². The molecule has 3 rings (SSSR count). The maximum absolute atomic E-state index is 6.56. The fourth-order valence-electron chi connectivity index (χ4n) is 3.21. The number of hydrogen-bond donors (Lipinski definition) is 0. The maximum atomic E-state index is 6.56. The molecule has 21 heavy (non-hydrogen) atoms. The number of hydrogen-bond acceptors (Lipinski definition) is 3. The zero-order valence-corrected chi connectivity index (χ0v) is 14.1. The Labute approximate surface area is 135 Å². The van der Waals surface area contributed by atoms with E-state index in [9.17, 15) is 0 Å². The molecule has 1 aromatic carbocycles. The summed E-state index contributed by atoms with van der Waals surface area (Å²) in [5.41, 5.74) is 1.41. The Morgan fingerprint density at radius 2 is 1.95 bits per heavy atom. The van der Waals surface area contributed by atoms with E-state index < -0.39 is 0 Å². The fourth-order valence-corrected chi connectivity index (χ4v) is 4.73. The fraction of sp³-hybridized carbons (Fsp3) is 0.529. The smallest absolute Gasteiger partial charge is 0.139 e. The predicted molar refractivity (Wildman–Crippen MR) is 89.0 cm³/mol. The van der Waals surface area contributed by atoms with Crippen molar-refractivity contribution in [2.75, 3.05) is 0 Å². The highest BCUT2D eigenvalue weighted by atomic mass is 35.5. The van der Waals surface area contributed by atoms with E-state index in [2.05, 4.69) is 24.0 Å². The molecule has 1 aromatic heterocycles. The average molecular weight is 321 g/mol. The largest absolute Gasteiger partial charge is 0.143 e. The molecule has 0 N–H and O–H groups in total. The molecule has 2 atom stereocenters. The molecule has 0 radical (unpaired) electrons. The number of rotatable bonds is 3. The van der Waals surface area contributed by atoms with Crippen molar-refractivity contribution in [1.82, 2.24) is 10.2 Å². The molecule has 1 fully saturated rings. The van der Waals surface area contributed by atoms with Gasteiger partial charge in [-0.2, -0.15) is 0 Å². The summed E-state index contributed by atoms with van der Waals surface area (Å²) in [4.78, 5) is 0. The Balaban J connectivity index is 1.83. The Kier molecular flexibility index (Phi) is 4.32. The average Bonchev–Trinajstić information content (AvgIpc) is 2.96. The Bertz CT molecular complexity index is 594. The number of nitrogens with zero attached hydrogens (tertiary/aromatic N) is 2. The molecule has 4 heteroatoms. The van der Waals surface area contributed by atoms with Gasteiger partial charge in [0.1, 0.15) is 15.4 Å². The van der Waals surface area contributed by atoms with E-state index in [1.165, 1.54) is 25.7 Å². The van der Waals surface area contributed by atoms with Crippen molar-refractivity contribution < 1.29 is 0 Å². The van der Waals surface area contributed by atoms with E-state index in [1.807, 2.05) is 30.3 Å². The molecular formula is C17H21ClN2S. The summed E-state index contributed by atoms with van der Waals surface area (Å²) in [6.45, 7) is 4.71. The normalized spacial score (nSPS) is 22.9. The SMILES string of the molecule is CC1(C)CCCCC1c1nnc(C(Cl)c2ccccc2)s1. The summed E-state index contributed by atoms with van der Waals surface area (Å²) in [5, 5.41) is 10.7. The van der Waals surface area contributed by atoms with Crippen molar-refractivity contribution in [2.24, 2.45) is 5.41 Å². The van der Waals surface area contributed by atoms with Crippen LogP contribution in [0.3, 0.4) is 0 Å². The minimum atomic E-state index is -0.191. The van der Waals surface area contributed by atoms with Crippen molar-refractivity contribution in [3.8, 4) is 0 Å². The minimum Gasteiger partial charge on any atom is -0.143 e. The molecule has 1 aliphatic carbocycles. The quantitative estimate of drug-likeness (QED) is 0.693. The van der Waals surface area contributed by atoms with Gasteiger partial charge in [0.05, 0.1) is 0 Å². The molecule has 0 saturated heterocycles. The first-order valence-corrected chi connectivity index (χ1v) is 8.85. The van der Waals surface area contributed by atoms with Gasteiger partial charge in [-0.1, -0.05) is 68.4 Å². The van der Waals surface area contributed by atoms with Crippen LogP contribution in [-0.4, -0.2) is 10.2 Å². The molecule has 2 aromatic rings.